The molecule has 4 atom stereocenters. The van der Waals surface area contributed by atoms with E-state index in [9.17, 15) is 9.90 Å². The molecule has 1 amide bonds. The lowest BCUT2D eigenvalue weighted by molar-refractivity contribution is 0.00336. The highest BCUT2D eigenvalue weighted by Crippen LogP contribution is 2.35. The molecule has 3 saturated heterocycles. The highest BCUT2D eigenvalue weighted by Gasteiger charge is 2.49. The third kappa shape index (κ3) is 7.45. The van der Waals surface area contributed by atoms with Gasteiger partial charge in [0.1, 0.15) is 30.6 Å². The van der Waals surface area contributed by atoms with E-state index in [-0.39, 0.29) is 38.2 Å². The number of imidazole rings is 1. The fourth-order valence-corrected chi connectivity index (χ4v) is 7.09. The van der Waals surface area contributed by atoms with Crippen molar-refractivity contribution >= 4 is 42.6 Å². The normalized spacial score (nSPS) is 23.6. The Morgan fingerprint density at radius 2 is 1.85 bits per heavy atom. The molecule has 2 aromatic heterocycles. The summed E-state index contributed by atoms with van der Waals surface area (Å²) in [7, 11) is -1.28. The summed E-state index contributed by atoms with van der Waals surface area (Å²) in [4.78, 5) is 23.8. The maximum atomic E-state index is 11.8. The Bertz CT molecular complexity index is 1510. The molecule has 3 aliphatic rings. The number of hydrogen-bond donors (Lipinski definition) is 2. The van der Waals surface area contributed by atoms with Crippen molar-refractivity contribution < 1.29 is 33.6 Å². The van der Waals surface area contributed by atoms with Crippen molar-refractivity contribution in [3.63, 3.8) is 0 Å². The average Bonchev–Trinajstić information content (AvgIpc) is 3.69. The number of piperidine rings is 1. The second-order valence-electron chi connectivity index (χ2n) is 13.3. The number of carbonyl (C=O) groups is 1. The van der Waals surface area contributed by atoms with Crippen LogP contribution in [0.25, 0.3) is 22.4 Å². The predicted octanol–water partition coefficient (Wildman–Crippen LogP) is 4.68. The Morgan fingerprint density at radius 3 is 2.57 bits per heavy atom. The van der Waals surface area contributed by atoms with Crippen molar-refractivity contribution in [1.29, 1.82) is 0 Å². The third-order valence-corrected chi connectivity index (χ3v) is 10.7. The second-order valence-corrected chi connectivity index (χ2v) is 19.4. The van der Waals surface area contributed by atoms with Crippen LogP contribution in [0.2, 0.25) is 30.7 Å². The van der Waals surface area contributed by atoms with Crippen LogP contribution in [0.15, 0.2) is 30.3 Å². The summed E-state index contributed by atoms with van der Waals surface area (Å²) in [5, 5.41) is 13.6. The highest BCUT2D eigenvalue weighted by atomic mass is 35.5. The molecule has 0 bridgehead atoms. The number of pyridine rings is 1. The first-order valence-corrected chi connectivity index (χ1v) is 20.2. The first-order chi connectivity index (χ1) is 22.1. The van der Waals surface area contributed by atoms with Gasteiger partial charge in [-0.15, -0.1) is 0 Å². The molecule has 1 aromatic carbocycles. The number of fused-ring (bicyclic) bond motifs is 2. The number of anilines is 1. The van der Waals surface area contributed by atoms with Gasteiger partial charge in [0.05, 0.1) is 30.5 Å². The maximum Gasteiger partial charge on any atom is 0.407 e. The summed E-state index contributed by atoms with van der Waals surface area (Å²) >= 11 is 6.80. The van der Waals surface area contributed by atoms with Gasteiger partial charge in [-0.3, -0.25) is 4.57 Å². The fourth-order valence-electron chi connectivity index (χ4n) is 6.08. The Labute approximate surface area is 275 Å². The Balaban J connectivity index is 1.20. The van der Waals surface area contributed by atoms with Crippen LogP contribution in [0.1, 0.15) is 19.8 Å². The Morgan fingerprint density at radius 1 is 1.11 bits per heavy atom. The smallest absolute Gasteiger partial charge is 0.407 e. The van der Waals surface area contributed by atoms with Gasteiger partial charge in [0.15, 0.2) is 11.8 Å². The minimum absolute atomic E-state index is 0.113. The molecule has 6 rings (SSSR count). The van der Waals surface area contributed by atoms with E-state index >= 15 is 0 Å². The van der Waals surface area contributed by atoms with Crippen LogP contribution >= 0.6 is 11.6 Å². The summed E-state index contributed by atoms with van der Waals surface area (Å²) in [5.41, 5.74) is 3.81. The summed E-state index contributed by atoms with van der Waals surface area (Å²) in [6.45, 7) is 12.1. The van der Waals surface area contributed by atoms with Crippen LogP contribution in [0, 0.1) is 0 Å². The number of ether oxygens (including phenoxy) is 5. The summed E-state index contributed by atoms with van der Waals surface area (Å²) in [6, 6.07) is 11.5. The molecule has 0 aliphatic carbocycles. The lowest BCUT2D eigenvalue weighted by atomic mass is 10.0. The van der Waals surface area contributed by atoms with Gasteiger partial charge in [0.25, 0.3) is 0 Å². The lowest BCUT2D eigenvalue weighted by Crippen LogP contribution is -2.44. The zero-order valence-corrected chi connectivity index (χ0v) is 28.7. The zero-order valence-electron chi connectivity index (χ0n) is 26.9. The van der Waals surface area contributed by atoms with Crippen molar-refractivity contribution in [2.24, 2.45) is 0 Å². The van der Waals surface area contributed by atoms with Gasteiger partial charge in [0, 0.05) is 45.1 Å². The Kier molecular flexibility index (Phi) is 10.1. The summed E-state index contributed by atoms with van der Waals surface area (Å²) < 4.78 is 30.9. The number of nitrogens with zero attached hydrogens (tertiary/aromatic N) is 4. The van der Waals surface area contributed by atoms with Crippen molar-refractivity contribution in [2.75, 3.05) is 44.4 Å². The second kappa shape index (κ2) is 14.0. The molecule has 0 saturated carbocycles. The summed E-state index contributed by atoms with van der Waals surface area (Å²) in [6.07, 6.45) is -0.536. The Hall–Kier alpha value is -2.94. The van der Waals surface area contributed by atoms with Gasteiger partial charge in [-0.1, -0.05) is 43.4 Å². The maximum absolute atomic E-state index is 11.8. The molecule has 46 heavy (non-hydrogen) atoms. The van der Waals surface area contributed by atoms with Crippen LogP contribution in [-0.2, 0) is 25.7 Å². The zero-order chi connectivity index (χ0) is 32.4. The van der Waals surface area contributed by atoms with E-state index in [0.717, 1.165) is 43.2 Å². The van der Waals surface area contributed by atoms with Crippen molar-refractivity contribution in [1.82, 2.24) is 19.9 Å². The van der Waals surface area contributed by atoms with Crippen molar-refractivity contribution in [3.05, 3.63) is 35.4 Å². The standard InChI is InChI=1S/C32H44ClN5O7Si/c1-5-42-32(40)34-21-10-12-37(13-11-21)22-8-6-20(7-9-22)27-23(33)16-24-30(36-27)38(19-41-14-15-46(2,3)4)31(35-24)45-26-18-44-28-25(39)17-43-29(26)28/h6-9,16,21,25-26,28-29,39H,5,10-15,17-19H2,1-4H3,(H,34,40)/t25-,26-,28-,29-/m1/s1. The minimum Gasteiger partial charge on any atom is -0.456 e. The van der Waals surface area contributed by atoms with Gasteiger partial charge in [-0.2, -0.15) is 4.98 Å². The summed E-state index contributed by atoms with van der Waals surface area (Å²) in [5.74, 6) is 0. The largest absolute Gasteiger partial charge is 0.456 e. The van der Waals surface area contributed by atoms with E-state index in [0.29, 0.717) is 41.1 Å². The molecular weight excluding hydrogens is 630 g/mol. The predicted molar refractivity (Wildman–Crippen MR) is 177 cm³/mol. The molecule has 3 fully saturated rings. The molecule has 14 heteroatoms. The number of aromatic nitrogens is 3. The van der Waals surface area contributed by atoms with Gasteiger partial charge in [-0.25, -0.2) is 9.78 Å². The number of aliphatic hydroxyl groups excluding tert-OH is 1. The molecule has 5 heterocycles. The van der Waals surface area contributed by atoms with E-state index in [1.54, 1.807) is 6.92 Å². The molecule has 0 radical (unpaired) electrons. The number of carbonyl (C=O) groups excluding carboxylic acids is 1. The number of aliphatic hydroxyl groups is 1. The van der Waals surface area contributed by atoms with Crippen molar-refractivity contribution in [3.8, 4) is 17.3 Å². The average molecular weight is 674 g/mol. The molecule has 0 unspecified atom stereocenters. The van der Waals surface area contributed by atoms with Crippen LogP contribution in [0.5, 0.6) is 6.01 Å². The minimum atomic E-state index is -1.28. The number of hydrogen-bond acceptors (Lipinski definition) is 10. The molecule has 12 nitrogen and oxygen atoms in total. The molecule has 3 aromatic rings. The van der Waals surface area contributed by atoms with E-state index in [2.05, 4.69) is 42.0 Å². The number of halogens is 1. The van der Waals surface area contributed by atoms with E-state index in [1.807, 2.05) is 22.8 Å². The van der Waals surface area contributed by atoms with Gasteiger partial charge < -0.3 is 39.0 Å². The number of amides is 1. The highest BCUT2D eigenvalue weighted by molar-refractivity contribution is 6.76. The molecular formula is C32H44ClN5O7Si. The fraction of sp³-hybridized carbons (Fsp3) is 0.594. The first kappa shape index (κ1) is 33.0. The van der Waals surface area contributed by atoms with Crippen LogP contribution < -0.4 is 15.0 Å². The molecule has 250 valence electrons. The quantitative estimate of drug-likeness (QED) is 0.219. The number of alkyl carbamates (subject to hydrolysis) is 1. The SMILES string of the molecule is CCOC(=O)NC1CCN(c2ccc(-c3nc4c(cc3Cl)nc(O[C@@H]3CO[C@H]5[C@@H]3OC[C@H]5O)n4COCC[Si](C)(C)C)cc2)CC1. The molecule has 0 spiro atoms. The van der Waals surface area contributed by atoms with Gasteiger partial charge >= 0.3 is 12.1 Å². The monoisotopic (exact) mass is 673 g/mol. The van der Waals surface area contributed by atoms with Gasteiger partial charge in [0.2, 0.25) is 0 Å². The van der Waals surface area contributed by atoms with E-state index < -0.39 is 26.4 Å². The number of rotatable bonds is 11. The lowest BCUT2D eigenvalue weighted by Gasteiger charge is -2.33. The van der Waals surface area contributed by atoms with Crippen LogP contribution in [0.3, 0.4) is 0 Å². The first-order valence-electron chi connectivity index (χ1n) is 16.1. The molecule has 3 aliphatic heterocycles. The molecule has 2 N–H and O–H groups in total. The van der Waals surface area contributed by atoms with E-state index in [1.165, 1.54) is 0 Å². The van der Waals surface area contributed by atoms with Crippen molar-refractivity contribution in [2.45, 2.75) is 82.6 Å². The van der Waals surface area contributed by atoms with Gasteiger partial charge in [-0.05, 0) is 44.0 Å². The third-order valence-electron chi connectivity index (χ3n) is 8.69. The topological polar surface area (TPSA) is 129 Å². The number of benzene rings is 1. The number of nitrogens with one attached hydrogen (secondary N) is 1. The van der Waals surface area contributed by atoms with E-state index in [4.69, 9.17) is 45.3 Å². The van der Waals surface area contributed by atoms with Crippen LogP contribution in [0.4, 0.5) is 10.5 Å². The van der Waals surface area contributed by atoms with Crippen LogP contribution in [-0.4, -0.2) is 104 Å².